The summed E-state index contributed by atoms with van der Waals surface area (Å²) >= 11 is 0. The largest absolute Gasteiger partial charge is 0.268 e. The van der Waals surface area contributed by atoms with Gasteiger partial charge in [0.25, 0.3) is 5.56 Å². The highest BCUT2D eigenvalue weighted by atomic mass is 16.1. The fraction of sp³-hybridized carbons (Fsp3) is 0.118. The second-order valence-electron chi connectivity index (χ2n) is 4.90. The van der Waals surface area contributed by atoms with Gasteiger partial charge >= 0.3 is 0 Å². The Labute approximate surface area is 117 Å². The van der Waals surface area contributed by atoms with Crippen LogP contribution in [-0.2, 0) is 0 Å². The second kappa shape index (κ2) is 4.85. The van der Waals surface area contributed by atoms with E-state index in [1.165, 1.54) is 0 Å². The van der Waals surface area contributed by atoms with Crippen LogP contribution in [0.4, 0.5) is 0 Å². The monoisotopic (exact) mass is 264 g/mol. The lowest BCUT2D eigenvalue weighted by atomic mass is 10.0. The van der Waals surface area contributed by atoms with Crippen LogP contribution >= 0.6 is 0 Å². The maximum Gasteiger partial charge on any atom is 0.267 e. The summed E-state index contributed by atoms with van der Waals surface area (Å²) in [6.45, 7) is 3.92. The topological polar surface area (TPSA) is 37.8 Å². The van der Waals surface area contributed by atoms with Crippen molar-refractivity contribution in [2.75, 3.05) is 0 Å². The van der Waals surface area contributed by atoms with Gasteiger partial charge < -0.3 is 0 Å². The van der Waals surface area contributed by atoms with Crippen LogP contribution in [0.25, 0.3) is 16.9 Å². The number of H-pyrrole nitrogens is 1. The molecule has 1 aromatic heterocycles. The molecule has 3 heteroatoms. The average molecular weight is 264 g/mol. The first-order valence-electron chi connectivity index (χ1n) is 6.61. The van der Waals surface area contributed by atoms with Gasteiger partial charge in [0.05, 0.1) is 11.4 Å². The maximum atomic E-state index is 12.0. The van der Waals surface area contributed by atoms with Crippen LogP contribution in [0.5, 0.6) is 0 Å². The van der Waals surface area contributed by atoms with Gasteiger partial charge in [0.1, 0.15) is 0 Å². The lowest BCUT2D eigenvalue weighted by Gasteiger charge is -2.11. The zero-order valence-electron chi connectivity index (χ0n) is 11.6. The summed E-state index contributed by atoms with van der Waals surface area (Å²) in [5.41, 5.74) is 4.80. The van der Waals surface area contributed by atoms with E-state index in [1.807, 2.05) is 60.1 Å². The van der Waals surface area contributed by atoms with Gasteiger partial charge in [0, 0.05) is 11.1 Å². The predicted molar refractivity (Wildman–Crippen MR) is 81.3 cm³/mol. The van der Waals surface area contributed by atoms with E-state index in [4.69, 9.17) is 0 Å². The standard InChI is InChI=1S/C17H16N2O/c1-12-8-6-7-11-15(12)16-13(2)17(20)18-19(16)14-9-4-3-5-10-14/h3-11H,1-2H3,(H,18,20). The van der Waals surface area contributed by atoms with Crippen molar-refractivity contribution in [3.63, 3.8) is 0 Å². The molecule has 0 saturated heterocycles. The van der Waals surface area contributed by atoms with Crippen LogP contribution in [0.15, 0.2) is 59.4 Å². The molecule has 3 rings (SSSR count). The summed E-state index contributed by atoms with van der Waals surface area (Å²) in [5.74, 6) is 0. The number of aromatic nitrogens is 2. The first-order chi connectivity index (χ1) is 9.68. The van der Waals surface area contributed by atoms with E-state index in [0.717, 1.165) is 28.1 Å². The van der Waals surface area contributed by atoms with Crippen molar-refractivity contribution in [3.8, 4) is 16.9 Å². The minimum atomic E-state index is -0.0490. The summed E-state index contributed by atoms with van der Waals surface area (Å²) in [4.78, 5) is 12.0. The van der Waals surface area contributed by atoms with Gasteiger partial charge in [0.2, 0.25) is 0 Å². The molecule has 0 bridgehead atoms. The van der Waals surface area contributed by atoms with Crippen LogP contribution in [0, 0.1) is 13.8 Å². The van der Waals surface area contributed by atoms with Crippen LogP contribution in [0.1, 0.15) is 11.1 Å². The number of aromatic amines is 1. The third-order valence-corrected chi connectivity index (χ3v) is 3.55. The number of rotatable bonds is 2. The third kappa shape index (κ3) is 1.97. The number of nitrogens with zero attached hydrogens (tertiary/aromatic N) is 1. The van der Waals surface area contributed by atoms with Crippen LogP contribution < -0.4 is 5.56 Å². The minimum absolute atomic E-state index is 0.0490. The molecular weight excluding hydrogens is 248 g/mol. The Kier molecular flexibility index (Phi) is 3.03. The molecule has 100 valence electrons. The Morgan fingerprint density at radius 3 is 2.25 bits per heavy atom. The van der Waals surface area contributed by atoms with E-state index in [-0.39, 0.29) is 5.56 Å². The number of hydrogen-bond acceptors (Lipinski definition) is 1. The van der Waals surface area contributed by atoms with E-state index in [1.54, 1.807) is 0 Å². The summed E-state index contributed by atoms with van der Waals surface area (Å²) in [6, 6.07) is 18.0. The van der Waals surface area contributed by atoms with Gasteiger partial charge in [-0.15, -0.1) is 0 Å². The van der Waals surface area contributed by atoms with Crippen molar-refractivity contribution >= 4 is 0 Å². The molecule has 0 unspecified atom stereocenters. The zero-order valence-corrected chi connectivity index (χ0v) is 11.6. The summed E-state index contributed by atoms with van der Waals surface area (Å²) in [6.07, 6.45) is 0. The molecule has 0 saturated carbocycles. The SMILES string of the molecule is Cc1ccccc1-c1c(C)c(=O)[nH]n1-c1ccccc1. The Bertz CT molecular complexity index is 797. The fourth-order valence-electron chi connectivity index (χ4n) is 2.45. The minimum Gasteiger partial charge on any atom is -0.268 e. The molecular formula is C17H16N2O. The second-order valence-corrected chi connectivity index (χ2v) is 4.90. The Morgan fingerprint density at radius 1 is 0.900 bits per heavy atom. The van der Waals surface area contributed by atoms with Crippen molar-refractivity contribution in [2.45, 2.75) is 13.8 Å². The van der Waals surface area contributed by atoms with E-state index >= 15 is 0 Å². The number of para-hydroxylation sites is 1. The predicted octanol–water partition coefficient (Wildman–Crippen LogP) is 3.45. The highest BCUT2D eigenvalue weighted by Crippen LogP contribution is 2.26. The zero-order chi connectivity index (χ0) is 14.1. The number of aryl methyl sites for hydroxylation is 1. The average Bonchev–Trinajstić information content (AvgIpc) is 2.77. The molecule has 1 heterocycles. The van der Waals surface area contributed by atoms with Crippen LogP contribution in [0.3, 0.4) is 0 Å². The number of benzene rings is 2. The highest BCUT2D eigenvalue weighted by Gasteiger charge is 2.15. The molecule has 1 N–H and O–H groups in total. The molecule has 0 amide bonds. The van der Waals surface area contributed by atoms with Gasteiger partial charge in [0.15, 0.2) is 0 Å². The Hall–Kier alpha value is -2.55. The molecule has 0 aliphatic heterocycles. The molecule has 3 aromatic rings. The normalized spacial score (nSPS) is 10.7. The van der Waals surface area contributed by atoms with Crippen molar-refractivity contribution < 1.29 is 0 Å². The van der Waals surface area contributed by atoms with Gasteiger partial charge in [-0.25, -0.2) is 0 Å². The van der Waals surface area contributed by atoms with E-state index in [0.29, 0.717) is 0 Å². The van der Waals surface area contributed by atoms with E-state index in [9.17, 15) is 4.79 Å². The first-order valence-corrected chi connectivity index (χ1v) is 6.61. The molecule has 3 nitrogen and oxygen atoms in total. The molecule has 0 aliphatic rings. The molecule has 0 radical (unpaired) electrons. The van der Waals surface area contributed by atoms with Crippen molar-refractivity contribution in [1.82, 2.24) is 9.78 Å². The highest BCUT2D eigenvalue weighted by molar-refractivity contribution is 5.68. The quantitative estimate of drug-likeness (QED) is 0.756. The van der Waals surface area contributed by atoms with Gasteiger partial charge in [-0.3, -0.25) is 14.6 Å². The van der Waals surface area contributed by atoms with Crippen molar-refractivity contribution in [2.24, 2.45) is 0 Å². The molecule has 0 fully saturated rings. The number of nitrogens with one attached hydrogen (secondary N) is 1. The van der Waals surface area contributed by atoms with Crippen LogP contribution in [0.2, 0.25) is 0 Å². The Morgan fingerprint density at radius 2 is 1.55 bits per heavy atom. The lowest BCUT2D eigenvalue weighted by Crippen LogP contribution is -2.05. The Balaban J connectivity index is 2.32. The molecule has 2 aromatic carbocycles. The van der Waals surface area contributed by atoms with Gasteiger partial charge in [-0.2, -0.15) is 0 Å². The van der Waals surface area contributed by atoms with E-state index < -0.39 is 0 Å². The maximum absolute atomic E-state index is 12.0. The summed E-state index contributed by atoms with van der Waals surface area (Å²) < 4.78 is 1.86. The van der Waals surface area contributed by atoms with Crippen LogP contribution in [-0.4, -0.2) is 9.78 Å². The molecule has 0 spiro atoms. The lowest BCUT2D eigenvalue weighted by molar-refractivity contribution is 0.870. The molecule has 0 aliphatic carbocycles. The van der Waals surface area contributed by atoms with Gasteiger partial charge in [-0.1, -0.05) is 42.5 Å². The smallest absolute Gasteiger partial charge is 0.267 e. The molecule has 0 atom stereocenters. The van der Waals surface area contributed by atoms with Gasteiger partial charge in [-0.05, 0) is 31.5 Å². The summed E-state index contributed by atoms with van der Waals surface area (Å²) in [7, 11) is 0. The third-order valence-electron chi connectivity index (χ3n) is 3.55. The van der Waals surface area contributed by atoms with E-state index in [2.05, 4.69) is 18.1 Å². The molecule has 20 heavy (non-hydrogen) atoms. The van der Waals surface area contributed by atoms with Crippen molar-refractivity contribution in [1.29, 1.82) is 0 Å². The fourth-order valence-corrected chi connectivity index (χ4v) is 2.45. The number of hydrogen-bond donors (Lipinski definition) is 1. The first kappa shape index (κ1) is 12.5. The van der Waals surface area contributed by atoms with Crippen molar-refractivity contribution in [3.05, 3.63) is 76.1 Å². The summed E-state index contributed by atoms with van der Waals surface area (Å²) in [5, 5.41) is 2.92.